The van der Waals surface area contributed by atoms with Crippen molar-refractivity contribution in [3.63, 3.8) is 0 Å². The Hall–Kier alpha value is -3.69. The fraction of sp³-hybridized carbons (Fsp3) is 0.444. The van der Waals surface area contributed by atoms with Gasteiger partial charge in [0.15, 0.2) is 17.3 Å². The van der Waals surface area contributed by atoms with Gasteiger partial charge in [0, 0.05) is 43.4 Å². The van der Waals surface area contributed by atoms with Gasteiger partial charge in [0.2, 0.25) is 0 Å². The van der Waals surface area contributed by atoms with Crippen LogP contribution in [0.25, 0.3) is 22.4 Å². The summed E-state index contributed by atoms with van der Waals surface area (Å²) in [6.45, 7) is 5.50. The largest absolute Gasteiger partial charge is 0.382 e. The second kappa shape index (κ2) is 15.3. The van der Waals surface area contributed by atoms with Crippen LogP contribution in [-0.4, -0.2) is 91.3 Å². The number of imidazole rings is 1. The number of aliphatic hydroxyl groups is 2. The summed E-state index contributed by atoms with van der Waals surface area (Å²) in [6, 6.07) is 7.43. The number of amides is 2. The van der Waals surface area contributed by atoms with Crippen LogP contribution in [0.4, 0.5) is 16.3 Å². The summed E-state index contributed by atoms with van der Waals surface area (Å²) >= 11 is 1.56. The Morgan fingerprint density at radius 3 is 2.59 bits per heavy atom. The Morgan fingerprint density at radius 1 is 1.20 bits per heavy atom. The molecule has 1 aromatic carbocycles. The van der Waals surface area contributed by atoms with E-state index in [-0.39, 0.29) is 12.1 Å². The fourth-order valence-electron chi connectivity index (χ4n) is 3.87. The number of methoxy groups -OCH3 is 1. The van der Waals surface area contributed by atoms with Gasteiger partial charge in [0.05, 0.1) is 23.6 Å². The van der Waals surface area contributed by atoms with Gasteiger partial charge < -0.3 is 40.8 Å². The number of benzene rings is 1. The third-order valence-corrected chi connectivity index (χ3v) is 6.43. The van der Waals surface area contributed by atoms with Crippen LogP contribution in [0.3, 0.4) is 0 Å². The average molecular weight is 586 g/mol. The zero-order valence-corrected chi connectivity index (χ0v) is 24.6. The minimum absolute atomic E-state index is 0.0511. The number of nitrogens with one attached hydrogen (secondary N) is 2. The van der Waals surface area contributed by atoms with Crippen LogP contribution < -0.4 is 16.4 Å². The van der Waals surface area contributed by atoms with Crippen molar-refractivity contribution in [1.29, 1.82) is 0 Å². The number of urea groups is 1. The molecule has 0 bridgehead atoms. The minimum atomic E-state index is -1.50. The lowest BCUT2D eigenvalue weighted by Gasteiger charge is -2.23. The molecule has 4 rings (SSSR count). The lowest BCUT2D eigenvalue weighted by molar-refractivity contribution is -0.127. The number of carbonyl (C=O) groups excluding carboxylic acids is 1. The first-order valence-corrected chi connectivity index (χ1v) is 14.1. The Morgan fingerprint density at radius 2 is 1.93 bits per heavy atom. The maximum Gasteiger partial charge on any atom is 0.319 e. The standard InChI is InChI=1S/C24H31N9O2S.C3H8O2/c1-32(12-19(35-2)8-11-33-15-29-21-22(25)27-14-28-23(21)33)10-3-9-26-24(34)31-18-6-4-17(5-7-18)20-13-36-16-30-20;1-3(2,4)5/h4-7,13-16,19H,3,8-12H2,1-2H3,(H2,25,27,28)(H2,26,31,34);4-5H,1-2H3. The molecule has 0 spiro atoms. The number of nitrogen functional groups attached to an aromatic ring is 1. The molecule has 4 aromatic rings. The average Bonchev–Trinajstić information content (AvgIpc) is 3.60. The van der Waals surface area contributed by atoms with Crippen LogP contribution in [0.2, 0.25) is 0 Å². The number of hydrogen-bond donors (Lipinski definition) is 5. The van der Waals surface area contributed by atoms with Crippen molar-refractivity contribution in [3.05, 3.63) is 47.8 Å². The molecule has 1 unspecified atom stereocenters. The lowest BCUT2D eigenvalue weighted by Crippen LogP contribution is -2.35. The first-order chi connectivity index (χ1) is 19.5. The molecular formula is C27H39N9O4S. The summed E-state index contributed by atoms with van der Waals surface area (Å²) in [5.41, 5.74) is 11.7. The van der Waals surface area contributed by atoms with E-state index in [1.165, 1.54) is 20.2 Å². The Bertz CT molecular complexity index is 1340. The number of anilines is 2. The van der Waals surface area contributed by atoms with Crippen molar-refractivity contribution >= 4 is 40.0 Å². The van der Waals surface area contributed by atoms with Crippen LogP contribution in [0.5, 0.6) is 0 Å². The maximum atomic E-state index is 12.2. The summed E-state index contributed by atoms with van der Waals surface area (Å²) in [5.74, 6) is -1.12. The number of ether oxygens (including phenoxy) is 1. The van der Waals surface area contributed by atoms with E-state index in [0.717, 1.165) is 48.5 Å². The Labute approximate surface area is 243 Å². The topological polar surface area (TPSA) is 177 Å². The number of nitrogens with two attached hydrogens (primary N) is 1. The van der Waals surface area contributed by atoms with Gasteiger partial charge in [-0.25, -0.2) is 24.7 Å². The highest BCUT2D eigenvalue weighted by molar-refractivity contribution is 7.07. The molecular weight excluding hydrogens is 546 g/mol. The zero-order chi connectivity index (χ0) is 29.8. The number of likely N-dealkylation sites (N-methyl/N-ethyl adjacent to an activating group) is 1. The molecule has 6 N–H and O–H groups in total. The third-order valence-electron chi connectivity index (χ3n) is 5.84. The molecule has 0 radical (unpaired) electrons. The van der Waals surface area contributed by atoms with Crippen LogP contribution in [0.15, 0.2) is 47.8 Å². The van der Waals surface area contributed by atoms with Crippen molar-refractivity contribution in [3.8, 4) is 11.3 Å². The highest BCUT2D eigenvalue weighted by Crippen LogP contribution is 2.21. The predicted molar refractivity (Wildman–Crippen MR) is 160 cm³/mol. The highest BCUT2D eigenvalue weighted by atomic mass is 32.1. The van der Waals surface area contributed by atoms with E-state index < -0.39 is 5.79 Å². The predicted octanol–water partition coefficient (Wildman–Crippen LogP) is 2.79. The van der Waals surface area contributed by atoms with E-state index in [1.54, 1.807) is 30.3 Å². The summed E-state index contributed by atoms with van der Waals surface area (Å²) in [6.07, 6.45) is 4.86. The second-order valence-electron chi connectivity index (χ2n) is 9.96. The SMILES string of the molecule is CC(C)(O)O.COC(CCn1cnc2c(N)ncnc21)CN(C)CCCNC(=O)Nc1ccc(-c2cscn2)cc1. The molecule has 0 saturated carbocycles. The summed E-state index contributed by atoms with van der Waals surface area (Å²) in [4.78, 5) is 31.3. The van der Waals surface area contributed by atoms with Gasteiger partial charge in [0.1, 0.15) is 11.8 Å². The smallest absolute Gasteiger partial charge is 0.319 e. The molecule has 14 heteroatoms. The van der Waals surface area contributed by atoms with Crippen molar-refractivity contribution < 1.29 is 19.7 Å². The molecule has 0 saturated heterocycles. The van der Waals surface area contributed by atoms with E-state index in [1.807, 2.05) is 34.2 Å². The lowest BCUT2D eigenvalue weighted by atomic mass is 10.1. The van der Waals surface area contributed by atoms with Crippen LogP contribution in [0.1, 0.15) is 26.7 Å². The molecule has 1 atom stereocenters. The molecule has 0 aliphatic carbocycles. The molecule has 41 heavy (non-hydrogen) atoms. The summed E-state index contributed by atoms with van der Waals surface area (Å²) in [5, 5.41) is 23.9. The normalized spacial score (nSPS) is 12.2. The Balaban J connectivity index is 0.000000850. The van der Waals surface area contributed by atoms with E-state index in [2.05, 4.69) is 42.5 Å². The van der Waals surface area contributed by atoms with Crippen molar-refractivity contribution in [2.45, 2.75) is 45.1 Å². The van der Waals surface area contributed by atoms with Gasteiger partial charge in [-0.3, -0.25) is 0 Å². The first-order valence-electron chi connectivity index (χ1n) is 13.1. The van der Waals surface area contributed by atoms with E-state index >= 15 is 0 Å². The number of nitrogens with zero attached hydrogens (tertiary/aromatic N) is 6. The van der Waals surface area contributed by atoms with E-state index in [9.17, 15) is 4.79 Å². The minimum Gasteiger partial charge on any atom is -0.382 e. The van der Waals surface area contributed by atoms with Crippen molar-refractivity contribution in [2.24, 2.45) is 0 Å². The number of aromatic nitrogens is 5. The summed E-state index contributed by atoms with van der Waals surface area (Å²) < 4.78 is 7.65. The molecule has 2 amide bonds. The number of hydrogen-bond acceptors (Lipinski definition) is 11. The number of carbonyl (C=O) groups is 1. The van der Waals surface area contributed by atoms with Crippen molar-refractivity contribution in [1.82, 2.24) is 34.7 Å². The van der Waals surface area contributed by atoms with Crippen LogP contribution >= 0.6 is 11.3 Å². The van der Waals surface area contributed by atoms with Gasteiger partial charge in [-0.2, -0.15) is 0 Å². The van der Waals surface area contributed by atoms with E-state index in [4.69, 9.17) is 20.7 Å². The zero-order valence-electron chi connectivity index (χ0n) is 23.8. The van der Waals surface area contributed by atoms with Gasteiger partial charge >= 0.3 is 6.03 Å². The number of rotatable bonds is 12. The molecule has 3 aromatic heterocycles. The third kappa shape index (κ3) is 11.0. The fourth-order valence-corrected chi connectivity index (χ4v) is 4.43. The molecule has 0 aliphatic heterocycles. The van der Waals surface area contributed by atoms with Gasteiger partial charge in [-0.15, -0.1) is 11.3 Å². The number of aryl methyl sites for hydroxylation is 1. The molecule has 222 valence electrons. The monoisotopic (exact) mass is 585 g/mol. The quantitative estimate of drug-likeness (QED) is 0.123. The van der Waals surface area contributed by atoms with Crippen LogP contribution in [0, 0.1) is 0 Å². The molecule has 0 fully saturated rings. The Kier molecular flexibility index (Phi) is 11.9. The van der Waals surface area contributed by atoms with Crippen LogP contribution in [-0.2, 0) is 11.3 Å². The van der Waals surface area contributed by atoms with Gasteiger partial charge in [-0.1, -0.05) is 12.1 Å². The van der Waals surface area contributed by atoms with E-state index in [0.29, 0.717) is 24.4 Å². The number of thiazole rings is 1. The highest BCUT2D eigenvalue weighted by Gasteiger charge is 2.14. The molecule has 3 heterocycles. The molecule has 13 nitrogen and oxygen atoms in total. The summed E-state index contributed by atoms with van der Waals surface area (Å²) in [7, 11) is 3.77. The number of fused-ring (bicyclic) bond motifs is 1. The van der Waals surface area contributed by atoms with Gasteiger partial charge in [0.25, 0.3) is 0 Å². The van der Waals surface area contributed by atoms with Gasteiger partial charge in [-0.05, 0) is 52.4 Å². The second-order valence-corrected chi connectivity index (χ2v) is 10.7. The molecule has 0 aliphatic rings. The van der Waals surface area contributed by atoms with Crippen molar-refractivity contribution in [2.75, 3.05) is 44.8 Å². The maximum absolute atomic E-state index is 12.2. The first kappa shape index (κ1) is 31.8.